The van der Waals surface area contributed by atoms with Crippen molar-refractivity contribution in [3.05, 3.63) is 35.9 Å². The molecule has 0 aromatic heterocycles. The van der Waals surface area contributed by atoms with E-state index in [4.69, 9.17) is 0 Å². The molecule has 1 unspecified atom stereocenters. The molecule has 1 rings (SSSR count). The summed E-state index contributed by atoms with van der Waals surface area (Å²) in [5.41, 5.74) is -0.802. The summed E-state index contributed by atoms with van der Waals surface area (Å²) in [5.74, 6) is -0.900. The minimum absolute atomic E-state index is 0.0856. The number of carbonyl (C=O) groups excluding carboxylic acids is 3. The number of methoxy groups -OCH3 is 1. The second-order valence-electron chi connectivity index (χ2n) is 6.08. The monoisotopic (exact) mass is 290 g/mol. The first-order valence-electron chi connectivity index (χ1n) is 6.91. The zero-order chi connectivity index (χ0) is 16.1. The predicted molar refractivity (Wildman–Crippen MR) is 79.9 cm³/mol. The number of hydrogen-bond donors (Lipinski definition) is 0. The molecule has 0 N–H and O–H groups in total. The van der Waals surface area contributed by atoms with Gasteiger partial charge in [0.1, 0.15) is 0 Å². The Morgan fingerprint density at radius 2 is 1.71 bits per heavy atom. The topological polar surface area (TPSA) is 60.4 Å². The molecule has 1 aromatic carbocycles. The number of Topliss-reactive ketones (excluding diaryl/α,β-unsaturated/α-hetero) is 1. The minimum atomic E-state index is -1.04. The molecule has 114 valence electrons. The highest BCUT2D eigenvalue weighted by molar-refractivity contribution is 6.29. The Labute approximate surface area is 125 Å². The van der Waals surface area contributed by atoms with Gasteiger partial charge in [-0.25, -0.2) is 0 Å². The molecule has 0 heterocycles. The van der Waals surface area contributed by atoms with Crippen LogP contribution in [0.2, 0.25) is 0 Å². The molecule has 4 heteroatoms. The normalized spacial score (nSPS) is 14.1. The largest absolute Gasteiger partial charge is 0.469 e. The van der Waals surface area contributed by atoms with Crippen molar-refractivity contribution in [2.75, 3.05) is 7.11 Å². The molecule has 21 heavy (non-hydrogen) atoms. The second kappa shape index (κ2) is 6.66. The maximum absolute atomic E-state index is 12.5. The molecule has 0 aliphatic carbocycles. The van der Waals surface area contributed by atoms with Crippen molar-refractivity contribution in [3.63, 3.8) is 0 Å². The minimum Gasteiger partial charge on any atom is -0.469 e. The predicted octanol–water partition coefficient (Wildman–Crippen LogP) is 2.69. The van der Waals surface area contributed by atoms with Gasteiger partial charge in [-0.15, -0.1) is 0 Å². The van der Waals surface area contributed by atoms with Crippen LogP contribution in [0.15, 0.2) is 30.3 Å². The van der Waals surface area contributed by atoms with Crippen molar-refractivity contribution in [3.8, 4) is 0 Å². The van der Waals surface area contributed by atoms with E-state index in [0.717, 1.165) is 5.56 Å². The molecule has 0 amide bonds. The van der Waals surface area contributed by atoms with Gasteiger partial charge < -0.3 is 4.74 Å². The Bertz CT molecular complexity index is 513. The van der Waals surface area contributed by atoms with Gasteiger partial charge in [0.2, 0.25) is 5.78 Å². The summed E-state index contributed by atoms with van der Waals surface area (Å²) in [4.78, 5) is 35.2. The molecule has 0 saturated carbocycles. The Balaban J connectivity index is 3.40. The first-order valence-corrected chi connectivity index (χ1v) is 6.91. The van der Waals surface area contributed by atoms with Crippen LogP contribution in [0.25, 0.3) is 0 Å². The summed E-state index contributed by atoms with van der Waals surface area (Å²) >= 11 is 0. The molecule has 1 atom stereocenters. The number of rotatable bonds is 6. The van der Waals surface area contributed by atoms with Crippen LogP contribution in [-0.2, 0) is 24.5 Å². The van der Waals surface area contributed by atoms with Gasteiger partial charge >= 0.3 is 5.97 Å². The number of esters is 1. The van der Waals surface area contributed by atoms with Crippen molar-refractivity contribution in [2.24, 2.45) is 5.41 Å². The number of aldehydes is 1. The molecule has 4 nitrogen and oxygen atoms in total. The van der Waals surface area contributed by atoms with E-state index in [1.807, 2.05) is 51.1 Å². The summed E-state index contributed by atoms with van der Waals surface area (Å²) in [6.07, 6.45) is 0.683. The third-order valence-corrected chi connectivity index (χ3v) is 4.01. The number of benzene rings is 1. The van der Waals surface area contributed by atoms with Crippen molar-refractivity contribution < 1.29 is 19.1 Å². The number of carbonyl (C=O) groups is 3. The lowest BCUT2D eigenvalue weighted by molar-refractivity contribution is -0.143. The van der Waals surface area contributed by atoms with E-state index >= 15 is 0 Å². The van der Waals surface area contributed by atoms with E-state index in [0.29, 0.717) is 6.29 Å². The smallest absolute Gasteiger partial charge is 0.305 e. The lowest BCUT2D eigenvalue weighted by Crippen LogP contribution is -2.48. The average Bonchev–Trinajstić information content (AvgIpc) is 2.46. The van der Waals surface area contributed by atoms with Gasteiger partial charge in [-0.3, -0.25) is 14.4 Å². The Morgan fingerprint density at radius 3 is 2.14 bits per heavy atom. The number of ether oxygens (including phenoxy) is 1. The highest BCUT2D eigenvalue weighted by atomic mass is 16.5. The van der Waals surface area contributed by atoms with Gasteiger partial charge in [-0.05, 0) is 17.4 Å². The molecule has 0 radical (unpaired) electrons. The maximum atomic E-state index is 12.5. The summed E-state index contributed by atoms with van der Waals surface area (Å²) < 4.78 is 4.67. The van der Waals surface area contributed by atoms with Gasteiger partial charge in [0.25, 0.3) is 0 Å². The van der Waals surface area contributed by atoms with E-state index < -0.39 is 22.6 Å². The first-order chi connectivity index (χ1) is 9.79. The van der Waals surface area contributed by atoms with Gasteiger partial charge in [0.05, 0.1) is 12.5 Å². The maximum Gasteiger partial charge on any atom is 0.305 e. The van der Waals surface area contributed by atoms with Crippen LogP contribution in [0.5, 0.6) is 0 Å². The molecule has 0 spiro atoms. The van der Waals surface area contributed by atoms with Gasteiger partial charge in [-0.2, -0.15) is 0 Å². The standard InChI is InChI=1S/C17H22O4/c1-16(2,3)17(14(19)12-18,11-10-15(20)21-4)13-8-6-5-7-9-13/h5-9,12H,10-11H2,1-4H3. The molecule has 0 aliphatic rings. The van der Waals surface area contributed by atoms with Crippen molar-refractivity contribution in [1.29, 1.82) is 0 Å². The molecule has 0 saturated heterocycles. The van der Waals surface area contributed by atoms with Crippen molar-refractivity contribution in [2.45, 2.75) is 39.0 Å². The Hall–Kier alpha value is -1.97. The lowest BCUT2D eigenvalue weighted by atomic mass is 9.58. The van der Waals surface area contributed by atoms with E-state index in [2.05, 4.69) is 4.74 Å². The van der Waals surface area contributed by atoms with Crippen LogP contribution in [0, 0.1) is 5.41 Å². The highest BCUT2D eigenvalue weighted by Gasteiger charge is 2.49. The fourth-order valence-electron chi connectivity index (χ4n) is 2.80. The van der Waals surface area contributed by atoms with E-state index in [1.54, 1.807) is 0 Å². The van der Waals surface area contributed by atoms with Crippen LogP contribution in [0.3, 0.4) is 0 Å². The van der Waals surface area contributed by atoms with Crippen LogP contribution in [0.1, 0.15) is 39.2 Å². The zero-order valence-corrected chi connectivity index (χ0v) is 13.0. The van der Waals surface area contributed by atoms with Crippen LogP contribution >= 0.6 is 0 Å². The summed E-state index contributed by atoms with van der Waals surface area (Å²) in [6, 6.07) is 9.15. The average molecular weight is 290 g/mol. The van der Waals surface area contributed by atoms with Crippen molar-refractivity contribution in [1.82, 2.24) is 0 Å². The van der Waals surface area contributed by atoms with Crippen LogP contribution in [0.4, 0.5) is 0 Å². The van der Waals surface area contributed by atoms with E-state index in [9.17, 15) is 14.4 Å². The first kappa shape index (κ1) is 17.1. The molecule has 1 aromatic rings. The van der Waals surface area contributed by atoms with Crippen molar-refractivity contribution >= 4 is 18.0 Å². The van der Waals surface area contributed by atoms with E-state index in [-0.39, 0.29) is 12.8 Å². The summed E-state index contributed by atoms with van der Waals surface area (Å²) in [7, 11) is 1.31. The second-order valence-corrected chi connectivity index (χ2v) is 6.08. The molecule has 0 fully saturated rings. The third kappa shape index (κ3) is 3.38. The van der Waals surface area contributed by atoms with Crippen LogP contribution < -0.4 is 0 Å². The quantitative estimate of drug-likeness (QED) is 0.459. The van der Waals surface area contributed by atoms with Gasteiger partial charge in [0.15, 0.2) is 6.29 Å². The summed E-state index contributed by atoms with van der Waals surface area (Å²) in [6.45, 7) is 5.70. The fraction of sp³-hybridized carbons (Fsp3) is 0.471. The molecular formula is C17H22O4. The fourth-order valence-corrected chi connectivity index (χ4v) is 2.80. The van der Waals surface area contributed by atoms with Gasteiger partial charge in [0, 0.05) is 6.42 Å². The number of ketones is 1. The third-order valence-electron chi connectivity index (χ3n) is 4.01. The van der Waals surface area contributed by atoms with Gasteiger partial charge in [-0.1, -0.05) is 51.1 Å². The highest BCUT2D eigenvalue weighted by Crippen LogP contribution is 2.45. The molecular weight excluding hydrogens is 268 g/mol. The van der Waals surface area contributed by atoms with Crippen LogP contribution in [-0.4, -0.2) is 25.1 Å². The lowest BCUT2D eigenvalue weighted by Gasteiger charge is -2.43. The van der Waals surface area contributed by atoms with E-state index in [1.165, 1.54) is 7.11 Å². The summed E-state index contributed by atoms with van der Waals surface area (Å²) in [5, 5.41) is 0. The Morgan fingerprint density at radius 1 is 1.14 bits per heavy atom. The molecule has 0 aliphatic heterocycles. The SMILES string of the molecule is COC(=O)CCC(C(=O)C=O)(c1ccccc1)C(C)(C)C. The molecule has 0 bridgehead atoms. The number of hydrogen-bond acceptors (Lipinski definition) is 4. The Kier molecular flexibility index (Phi) is 5.41. The zero-order valence-electron chi connectivity index (χ0n) is 13.0.